The zero-order valence-electron chi connectivity index (χ0n) is 10.8. The highest BCUT2D eigenvalue weighted by atomic mass is 35.5. The first-order valence-corrected chi connectivity index (χ1v) is 7.35. The molecule has 1 amide bonds. The second-order valence-electron chi connectivity index (χ2n) is 4.24. The lowest BCUT2D eigenvalue weighted by atomic mass is 10.2. The van der Waals surface area contributed by atoms with Crippen molar-refractivity contribution in [1.82, 2.24) is 10.3 Å². The Morgan fingerprint density at radius 1 is 1.24 bits per heavy atom. The summed E-state index contributed by atoms with van der Waals surface area (Å²) >= 11 is 7.06. The minimum absolute atomic E-state index is 0.143. The molecule has 2 heterocycles. The first-order chi connectivity index (χ1) is 10.2. The smallest absolute Gasteiger partial charge is 0.289 e. The summed E-state index contributed by atoms with van der Waals surface area (Å²) in [4.78, 5) is 20.8. The molecule has 0 aliphatic carbocycles. The Balaban J connectivity index is 1.96. The highest BCUT2D eigenvalue weighted by molar-refractivity contribution is 8.18. The van der Waals surface area contributed by atoms with Crippen molar-refractivity contribution in [2.24, 2.45) is 4.99 Å². The van der Waals surface area contributed by atoms with E-state index in [0.717, 1.165) is 22.2 Å². The standard InChI is InChI=1S/C15H10ClN3OS/c16-11-2-1-3-12(9-11)18-14-13(21-15(20)19-14)8-10-4-6-17-7-5-10/h1-9H,(H,18,19,20). The molecule has 4 nitrogen and oxygen atoms in total. The van der Waals surface area contributed by atoms with Crippen LogP contribution in [0.1, 0.15) is 5.56 Å². The van der Waals surface area contributed by atoms with Crippen LogP contribution in [0.2, 0.25) is 5.02 Å². The van der Waals surface area contributed by atoms with Gasteiger partial charge in [0.15, 0.2) is 0 Å². The highest BCUT2D eigenvalue weighted by Crippen LogP contribution is 2.28. The maximum atomic E-state index is 11.6. The molecule has 1 fully saturated rings. The lowest BCUT2D eigenvalue weighted by Gasteiger charge is -2.00. The van der Waals surface area contributed by atoms with Gasteiger partial charge in [-0.3, -0.25) is 9.78 Å². The molecule has 2 aromatic rings. The van der Waals surface area contributed by atoms with E-state index in [4.69, 9.17) is 11.6 Å². The van der Waals surface area contributed by atoms with Crippen molar-refractivity contribution in [2.75, 3.05) is 0 Å². The number of pyridine rings is 1. The summed E-state index contributed by atoms with van der Waals surface area (Å²) in [5.41, 5.74) is 1.66. The van der Waals surface area contributed by atoms with E-state index in [2.05, 4.69) is 15.3 Å². The van der Waals surface area contributed by atoms with E-state index in [1.165, 1.54) is 0 Å². The van der Waals surface area contributed by atoms with Gasteiger partial charge in [-0.1, -0.05) is 17.7 Å². The molecule has 1 N–H and O–H groups in total. The van der Waals surface area contributed by atoms with Crippen LogP contribution in [-0.2, 0) is 0 Å². The first-order valence-electron chi connectivity index (χ1n) is 6.16. The van der Waals surface area contributed by atoms with E-state index in [9.17, 15) is 4.79 Å². The van der Waals surface area contributed by atoms with Crippen LogP contribution in [0.25, 0.3) is 6.08 Å². The van der Waals surface area contributed by atoms with Gasteiger partial charge in [0.05, 0.1) is 10.6 Å². The molecule has 6 heteroatoms. The van der Waals surface area contributed by atoms with Crippen LogP contribution in [-0.4, -0.2) is 16.1 Å². The van der Waals surface area contributed by atoms with E-state index in [-0.39, 0.29) is 5.24 Å². The molecule has 0 spiro atoms. The van der Waals surface area contributed by atoms with Crippen molar-refractivity contribution in [3.8, 4) is 0 Å². The number of carbonyl (C=O) groups is 1. The van der Waals surface area contributed by atoms with E-state index >= 15 is 0 Å². The van der Waals surface area contributed by atoms with E-state index in [1.807, 2.05) is 30.3 Å². The van der Waals surface area contributed by atoms with Crippen LogP contribution in [0.5, 0.6) is 0 Å². The molecule has 1 saturated heterocycles. The second kappa shape index (κ2) is 6.11. The van der Waals surface area contributed by atoms with E-state index in [0.29, 0.717) is 16.5 Å². The number of amidine groups is 1. The molecule has 0 unspecified atom stereocenters. The lowest BCUT2D eigenvalue weighted by molar-refractivity contribution is 0.265. The number of hydrogen-bond acceptors (Lipinski definition) is 4. The predicted octanol–water partition coefficient (Wildman–Crippen LogP) is 4.26. The van der Waals surface area contributed by atoms with Gasteiger partial charge >= 0.3 is 0 Å². The number of nitrogens with zero attached hydrogens (tertiary/aromatic N) is 2. The van der Waals surface area contributed by atoms with Crippen molar-refractivity contribution >= 4 is 46.2 Å². The molecule has 0 saturated carbocycles. The van der Waals surface area contributed by atoms with E-state index < -0.39 is 0 Å². The van der Waals surface area contributed by atoms with Crippen molar-refractivity contribution in [3.05, 3.63) is 64.3 Å². The fraction of sp³-hybridized carbons (Fsp3) is 0. The molecule has 1 aromatic heterocycles. The molecule has 3 rings (SSSR count). The highest BCUT2D eigenvalue weighted by Gasteiger charge is 2.23. The number of thioether (sulfide) groups is 1. The Hall–Kier alpha value is -2.11. The third kappa shape index (κ3) is 3.51. The fourth-order valence-electron chi connectivity index (χ4n) is 1.80. The summed E-state index contributed by atoms with van der Waals surface area (Å²) in [6.07, 6.45) is 5.30. The summed E-state index contributed by atoms with van der Waals surface area (Å²) in [5, 5.41) is 3.20. The van der Waals surface area contributed by atoms with Crippen LogP contribution < -0.4 is 5.32 Å². The molecular formula is C15H10ClN3OS. The minimum atomic E-state index is -0.143. The molecule has 0 radical (unpaired) electrons. The zero-order valence-corrected chi connectivity index (χ0v) is 12.4. The van der Waals surface area contributed by atoms with Gasteiger partial charge in [0.1, 0.15) is 5.84 Å². The molecule has 1 aliphatic heterocycles. The Kier molecular flexibility index (Phi) is 4.03. The van der Waals surface area contributed by atoms with Crippen molar-refractivity contribution in [3.63, 3.8) is 0 Å². The number of aromatic nitrogens is 1. The number of benzene rings is 1. The molecular weight excluding hydrogens is 306 g/mol. The third-order valence-corrected chi connectivity index (χ3v) is 3.76. The fourth-order valence-corrected chi connectivity index (χ4v) is 2.72. The van der Waals surface area contributed by atoms with E-state index in [1.54, 1.807) is 24.5 Å². The quantitative estimate of drug-likeness (QED) is 0.900. The summed E-state index contributed by atoms with van der Waals surface area (Å²) < 4.78 is 0. The Bertz CT molecular complexity index is 744. The Morgan fingerprint density at radius 2 is 2.05 bits per heavy atom. The van der Waals surface area contributed by atoms with Crippen LogP contribution in [0.3, 0.4) is 0 Å². The van der Waals surface area contributed by atoms with Crippen LogP contribution >= 0.6 is 23.4 Å². The number of nitrogens with one attached hydrogen (secondary N) is 1. The van der Waals surface area contributed by atoms with Crippen molar-refractivity contribution in [2.45, 2.75) is 0 Å². The topological polar surface area (TPSA) is 54.4 Å². The molecule has 0 atom stereocenters. The summed E-state index contributed by atoms with van der Waals surface area (Å²) in [6.45, 7) is 0. The molecule has 1 aromatic carbocycles. The number of aliphatic imine (C=N–C) groups is 1. The molecule has 21 heavy (non-hydrogen) atoms. The summed E-state index contributed by atoms with van der Waals surface area (Å²) in [7, 11) is 0. The van der Waals surface area contributed by atoms with Gasteiger partial charge in [-0.15, -0.1) is 0 Å². The van der Waals surface area contributed by atoms with Crippen LogP contribution in [0.15, 0.2) is 58.7 Å². The van der Waals surface area contributed by atoms with Gasteiger partial charge in [0, 0.05) is 17.4 Å². The number of halogens is 1. The Labute approximate surface area is 131 Å². The van der Waals surface area contributed by atoms with Crippen molar-refractivity contribution in [1.29, 1.82) is 0 Å². The lowest BCUT2D eigenvalue weighted by Crippen LogP contribution is -2.18. The number of hydrogen-bond donors (Lipinski definition) is 1. The Morgan fingerprint density at radius 3 is 2.81 bits per heavy atom. The van der Waals surface area contributed by atoms with Gasteiger partial charge in [-0.05, 0) is 53.7 Å². The maximum absolute atomic E-state index is 11.6. The predicted molar refractivity (Wildman–Crippen MR) is 86.9 cm³/mol. The number of carbonyl (C=O) groups excluding carboxylic acids is 1. The monoisotopic (exact) mass is 315 g/mol. The van der Waals surface area contributed by atoms with Gasteiger partial charge < -0.3 is 5.32 Å². The summed E-state index contributed by atoms with van der Waals surface area (Å²) in [5.74, 6) is 0.532. The summed E-state index contributed by atoms with van der Waals surface area (Å²) in [6, 6.07) is 10.9. The van der Waals surface area contributed by atoms with Crippen molar-refractivity contribution < 1.29 is 4.79 Å². The second-order valence-corrected chi connectivity index (χ2v) is 5.70. The number of rotatable bonds is 2. The van der Waals surface area contributed by atoms with Gasteiger partial charge in [-0.2, -0.15) is 0 Å². The van der Waals surface area contributed by atoms with Gasteiger partial charge in [0.2, 0.25) is 0 Å². The van der Waals surface area contributed by atoms with Gasteiger partial charge in [-0.25, -0.2) is 4.99 Å². The number of amides is 1. The minimum Gasteiger partial charge on any atom is -0.300 e. The largest absolute Gasteiger partial charge is 0.300 e. The molecule has 0 bridgehead atoms. The molecule has 104 valence electrons. The van der Waals surface area contributed by atoms with Gasteiger partial charge in [0.25, 0.3) is 5.24 Å². The molecule has 1 aliphatic rings. The zero-order chi connectivity index (χ0) is 14.7. The third-order valence-electron chi connectivity index (χ3n) is 2.71. The average Bonchev–Trinajstić information content (AvgIpc) is 2.80. The van der Waals surface area contributed by atoms with Crippen LogP contribution in [0, 0.1) is 0 Å². The maximum Gasteiger partial charge on any atom is 0.289 e. The van der Waals surface area contributed by atoms with Crippen LogP contribution in [0.4, 0.5) is 10.5 Å². The first kappa shape index (κ1) is 13.9. The normalized spacial score (nSPS) is 18.2. The SMILES string of the molecule is O=C1NC(=Nc2cccc(Cl)c2)C(=Cc2ccncc2)S1. The average molecular weight is 316 g/mol.